The third kappa shape index (κ3) is 4.90. The minimum atomic E-state index is -3.09. The van der Waals surface area contributed by atoms with Crippen LogP contribution in [0.15, 0.2) is 28.9 Å². The van der Waals surface area contributed by atoms with Crippen LogP contribution in [-0.2, 0) is 14.6 Å². The minimum Gasteiger partial charge on any atom is -0.465 e. The van der Waals surface area contributed by atoms with Crippen LogP contribution >= 0.6 is 0 Å². The summed E-state index contributed by atoms with van der Waals surface area (Å²) in [6.07, 6.45) is 4.44. The van der Waals surface area contributed by atoms with Gasteiger partial charge in [-0.25, -0.2) is 8.42 Å². The zero-order valence-electron chi connectivity index (χ0n) is 11.4. The maximum absolute atomic E-state index is 11.9. The Bertz CT molecular complexity index is 531. The van der Waals surface area contributed by atoms with Gasteiger partial charge < -0.3 is 9.32 Å². The first kappa shape index (κ1) is 15.5. The van der Waals surface area contributed by atoms with Crippen molar-refractivity contribution in [2.45, 2.75) is 19.9 Å². The average Bonchev–Trinajstić information content (AvgIpc) is 2.87. The van der Waals surface area contributed by atoms with Gasteiger partial charge in [0.2, 0.25) is 5.91 Å². The summed E-state index contributed by atoms with van der Waals surface area (Å²) in [5, 5.41) is 0. The Hall–Kier alpha value is -1.56. The van der Waals surface area contributed by atoms with E-state index in [4.69, 9.17) is 4.42 Å². The number of carbonyl (C=O) groups is 1. The smallest absolute Gasteiger partial charge is 0.246 e. The van der Waals surface area contributed by atoms with Crippen LogP contribution in [0.5, 0.6) is 0 Å². The van der Waals surface area contributed by atoms with Gasteiger partial charge >= 0.3 is 0 Å². The van der Waals surface area contributed by atoms with Gasteiger partial charge in [0.15, 0.2) is 9.84 Å². The fourth-order valence-corrected chi connectivity index (χ4v) is 2.67. The predicted octanol–water partition coefficient (Wildman–Crippen LogP) is 1.57. The number of sulfone groups is 1. The first-order valence-electron chi connectivity index (χ1n) is 6.04. The highest BCUT2D eigenvalue weighted by molar-refractivity contribution is 7.91. The van der Waals surface area contributed by atoms with E-state index in [9.17, 15) is 13.2 Å². The van der Waals surface area contributed by atoms with Crippen LogP contribution in [0.1, 0.15) is 19.6 Å². The second-order valence-corrected chi connectivity index (χ2v) is 6.74. The standard InChI is InChI=1S/C13H19NO4S/c1-4-19(16,17)10-11(2)14(3)13(15)8-7-12-6-5-9-18-12/h5-9,11H,4,10H2,1-3H3. The molecule has 0 saturated heterocycles. The van der Waals surface area contributed by atoms with Gasteiger partial charge in [-0.15, -0.1) is 0 Å². The van der Waals surface area contributed by atoms with E-state index in [-0.39, 0.29) is 23.5 Å². The second-order valence-electron chi connectivity index (χ2n) is 4.35. The molecule has 6 heteroatoms. The van der Waals surface area contributed by atoms with Crippen LogP contribution in [-0.4, -0.2) is 43.8 Å². The van der Waals surface area contributed by atoms with E-state index in [1.807, 2.05) is 0 Å². The molecule has 0 aliphatic heterocycles. The quantitative estimate of drug-likeness (QED) is 0.744. The number of likely N-dealkylation sites (N-methyl/N-ethyl adjacent to an activating group) is 1. The number of hydrogen-bond acceptors (Lipinski definition) is 4. The Kier molecular flexibility index (Phi) is 5.35. The van der Waals surface area contributed by atoms with Crippen molar-refractivity contribution in [3.63, 3.8) is 0 Å². The lowest BCUT2D eigenvalue weighted by Crippen LogP contribution is -2.38. The molecule has 1 aromatic rings. The molecule has 0 bridgehead atoms. The molecule has 1 amide bonds. The van der Waals surface area contributed by atoms with Crippen molar-refractivity contribution in [1.29, 1.82) is 0 Å². The van der Waals surface area contributed by atoms with Gasteiger partial charge in [0.25, 0.3) is 0 Å². The third-order valence-corrected chi connectivity index (χ3v) is 4.75. The molecule has 19 heavy (non-hydrogen) atoms. The highest BCUT2D eigenvalue weighted by atomic mass is 32.2. The van der Waals surface area contributed by atoms with Gasteiger partial charge in [-0.05, 0) is 25.1 Å². The van der Waals surface area contributed by atoms with E-state index in [0.717, 1.165) is 0 Å². The monoisotopic (exact) mass is 285 g/mol. The summed E-state index contributed by atoms with van der Waals surface area (Å²) in [6, 6.07) is 3.10. The average molecular weight is 285 g/mol. The van der Waals surface area contributed by atoms with Crippen LogP contribution in [0.2, 0.25) is 0 Å². The van der Waals surface area contributed by atoms with E-state index in [1.54, 1.807) is 39.1 Å². The van der Waals surface area contributed by atoms with Crippen molar-refractivity contribution < 1.29 is 17.6 Å². The zero-order chi connectivity index (χ0) is 14.5. The van der Waals surface area contributed by atoms with E-state index < -0.39 is 9.84 Å². The van der Waals surface area contributed by atoms with E-state index in [1.165, 1.54) is 17.2 Å². The minimum absolute atomic E-state index is 0.0274. The highest BCUT2D eigenvalue weighted by Gasteiger charge is 2.19. The SMILES string of the molecule is CCS(=O)(=O)CC(C)N(C)C(=O)C=Cc1ccco1. The fourth-order valence-electron chi connectivity index (χ4n) is 1.47. The normalized spacial score (nSPS) is 13.6. The molecule has 0 N–H and O–H groups in total. The first-order valence-corrected chi connectivity index (χ1v) is 7.86. The van der Waals surface area contributed by atoms with Crippen molar-refractivity contribution >= 4 is 21.8 Å². The molecule has 0 aliphatic rings. The highest BCUT2D eigenvalue weighted by Crippen LogP contribution is 2.06. The lowest BCUT2D eigenvalue weighted by atomic mass is 10.3. The zero-order valence-corrected chi connectivity index (χ0v) is 12.2. The number of nitrogens with zero attached hydrogens (tertiary/aromatic N) is 1. The molecule has 1 aromatic heterocycles. The number of furan rings is 1. The Balaban J connectivity index is 2.62. The molecule has 0 spiro atoms. The largest absolute Gasteiger partial charge is 0.465 e. The maximum Gasteiger partial charge on any atom is 0.246 e. The molecule has 0 fully saturated rings. The van der Waals surface area contributed by atoms with Crippen LogP contribution < -0.4 is 0 Å². The second kappa shape index (κ2) is 6.56. The molecular formula is C13H19NO4S. The summed E-state index contributed by atoms with van der Waals surface area (Å²) in [5.74, 6) is 0.382. The summed E-state index contributed by atoms with van der Waals surface area (Å²) in [6.45, 7) is 3.31. The predicted molar refractivity (Wildman–Crippen MR) is 74.3 cm³/mol. The van der Waals surface area contributed by atoms with E-state index in [2.05, 4.69) is 0 Å². The van der Waals surface area contributed by atoms with Crippen LogP contribution in [0, 0.1) is 0 Å². The number of amides is 1. The van der Waals surface area contributed by atoms with Gasteiger partial charge in [0, 0.05) is 24.9 Å². The van der Waals surface area contributed by atoms with E-state index >= 15 is 0 Å². The lowest BCUT2D eigenvalue weighted by molar-refractivity contribution is -0.126. The molecule has 106 valence electrons. The van der Waals surface area contributed by atoms with Crippen molar-refractivity contribution in [1.82, 2.24) is 4.90 Å². The van der Waals surface area contributed by atoms with Crippen molar-refractivity contribution in [2.24, 2.45) is 0 Å². The van der Waals surface area contributed by atoms with Crippen LogP contribution in [0.3, 0.4) is 0 Å². The summed E-state index contributed by atoms with van der Waals surface area (Å²) in [5.41, 5.74) is 0. The topological polar surface area (TPSA) is 67.6 Å². The van der Waals surface area contributed by atoms with Gasteiger partial charge in [0.1, 0.15) is 5.76 Å². The number of hydrogen-bond donors (Lipinski definition) is 0. The lowest BCUT2D eigenvalue weighted by Gasteiger charge is -2.23. The molecule has 1 unspecified atom stereocenters. The van der Waals surface area contributed by atoms with E-state index in [0.29, 0.717) is 5.76 Å². The Morgan fingerprint density at radius 1 is 1.53 bits per heavy atom. The summed E-state index contributed by atoms with van der Waals surface area (Å²) >= 11 is 0. The van der Waals surface area contributed by atoms with Gasteiger partial charge in [-0.2, -0.15) is 0 Å². The molecule has 1 rings (SSSR count). The van der Waals surface area contributed by atoms with Gasteiger partial charge in [0.05, 0.1) is 12.0 Å². The van der Waals surface area contributed by atoms with Crippen molar-refractivity contribution in [3.8, 4) is 0 Å². The molecule has 5 nitrogen and oxygen atoms in total. The summed E-state index contributed by atoms with van der Waals surface area (Å²) in [7, 11) is -1.50. The number of rotatable bonds is 6. The molecule has 0 radical (unpaired) electrons. The molecule has 1 atom stereocenters. The molecular weight excluding hydrogens is 266 g/mol. The van der Waals surface area contributed by atoms with Gasteiger partial charge in [-0.3, -0.25) is 4.79 Å². The Morgan fingerprint density at radius 2 is 2.21 bits per heavy atom. The summed E-state index contributed by atoms with van der Waals surface area (Å²) in [4.78, 5) is 13.3. The molecule has 0 saturated carbocycles. The van der Waals surface area contributed by atoms with Gasteiger partial charge in [-0.1, -0.05) is 6.92 Å². The summed E-state index contributed by atoms with van der Waals surface area (Å²) < 4.78 is 28.1. The van der Waals surface area contributed by atoms with Crippen molar-refractivity contribution in [2.75, 3.05) is 18.6 Å². The van der Waals surface area contributed by atoms with Crippen molar-refractivity contribution in [3.05, 3.63) is 30.2 Å². The number of carbonyl (C=O) groups excluding carboxylic acids is 1. The Morgan fingerprint density at radius 3 is 2.74 bits per heavy atom. The fraction of sp³-hybridized carbons (Fsp3) is 0.462. The first-order chi connectivity index (χ1) is 8.85. The Labute approximate surface area is 113 Å². The molecule has 0 aromatic carbocycles. The molecule has 1 heterocycles. The van der Waals surface area contributed by atoms with Crippen LogP contribution in [0.4, 0.5) is 0 Å². The maximum atomic E-state index is 11.9. The third-order valence-electron chi connectivity index (χ3n) is 2.88. The molecule has 0 aliphatic carbocycles. The van der Waals surface area contributed by atoms with Crippen LogP contribution in [0.25, 0.3) is 6.08 Å².